The minimum Gasteiger partial charge on any atom is -0.469 e. The average Bonchev–Trinajstić information content (AvgIpc) is 3.41. The Balaban J connectivity index is 1.45. The van der Waals surface area contributed by atoms with Crippen molar-refractivity contribution in [3.05, 3.63) is 53.8 Å². The number of hydrogen-bond donors (Lipinski definition) is 0. The van der Waals surface area contributed by atoms with Crippen LogP contribution in [0.5, 0.6) is 0 Å². The van der Waals surface area contributed by atoms with Gasteiger partial charge in [0.2, 0.25) is 11.7 Å². The van der Waals surface area contributed by atoms with Gasteiger partial charge in [-0.3, -0.25) is 0 Å². The fourth-order valence-electron chi connectivity index (χ4n) is 2.87. The largest absolute Gasteiger partial charge is 0.469 e. The summed E-state index contributed by atoms with van der Waals surface area (Å²) in [6.07, 6.45) is 1.65. The van der Waals surface area contributed by atoms with Crippen molar-refractivity contribution in [3.8, 4) is 22.8 Å². The summed E-state index contributed by atoms with van der Waals surface area (Å²) in [7, 11) is 1.93. The summed E-state index contributed by atoms with van der Waals surface area (Å²) in [5, 5.41) is 13.4. The van der Waals surface area contributed by atoms with E-state index in [4.69, 9.17) is 8.94 Å². The first kappa shape index (κ1) is 18.5. The van der Waals surface area contributed by atoms with Crippen LogP contribution in [-0.2, 0) is 12.8 Å². The summed E-state index contributed by atoms with van der Waals surface area (Å²) in [6.45, 7) is 6.25. The maximum Gasteiger partial charge on any atom is 0.237 e. The highest BCUT2D eigenvalue weighted by Crippen LogP contribution is 2.28. The molecule has 0 aliphatic heterocycles. The molecular weight excluding hydrogens is 374 g/mol. The summed E-state index contributed by atoms with van der Waals surface area (Å²) in [5.74, 6) is 3.75. The number of benzene rings is 1. The van der Waals surface area contributed by atoms with Gasteiger partial charge < -0.3 is 13.5 Å². The molecule has 7 nitrogen and oxygen atoms in total. The van der Waals surface area contributed by atoms with Crippen molar-refractivity contribution in [2.75, 3.05) is 0 Å². The van der Waals surface area contributed by atoms with E-state index in [0.717, 1.165) is 27.9 Å². The summed E-state index contributed by atoms with van der Waals surface area (Å²) in [5.41, 5.74) is 3.17. The zero-order valence-corrected chi connectivity index (χ0v) is 17.0. The second kappa shape index (κ2) is 7.63. The van der Waals surface area contributed by atoms with Crippen LogP contribution >= 0.6 is 11.8 Å². The van der Waals surface area contributed by atoms with Crippen LogP contribution in [0, 0.1) is 6.92 Å². The Morgan fingerprint density at radius 1 is 1.11 bits per heavy atom. The molecule has 0 radical (unpaired) electrons. The smallest absolute Gasteiger partial charge is 0.237 e. The normalized spacial score (nSPS) is 11.5. The Bertz CT molecular complexity index is 1080. The van der Waals surface area contributed by atoms with E-state index in [1.54, 1.807) is 6.26 Å². The third-order valence-corrected chi connectivity index (χ3v) is 5.57. The van der Waals surface area contributed by atoms with Crippen molar-refractivity contribution in [2.24, 2.45) is 7.05 Å². The third kappa shape index (κ3) is 3.60. The van der Waals surface area contributed by atoms with Gasteiger partial charge in [0.1, 0.15) is 5.76 Å². The van der Waals surface area contributed by atoms with Crippen LogP contribution in [0.3, 0.4) is 0 Å². The molecule has 144 valence electrons. The van der Waals surface area contributed by atoms with E-state index in [2.05, 4.69) is 46.3 Å². The number of nitrogens with zero attached hydrogens (tertiary/aromatic N) is 5. The molecular formula is C20H21N5O2S. The van der Waals surface area contributed by atoms with Crippen molar-refractivity contribution in [2.45, 2.75) is 37.6 Å². The molecule has 4 rings (SSSR count). The zero-order valence-electron chi connectivity index (χ0n) is 16.2. The van der Waals surface area contributed by atoms with Crippen molar-refractivity contribution >= 4 is 11.8 Å². The molecule has 0 aliphatic carbocycles. The van der Waals surface area contributed by atoms with Crippen molar-refractivity contribution in [1.29, 1.82) is 0 Å². The van der Waals surface area contributed by atoms with Crippen LogP contribution in [0.25, 0.3) is 22.8 Å². The van der Waals surface area contributed by atoms with Crippen LogP contribution in [0.1, 0.15) is 37.0 Å². The maximum atomic E-state index is 5.40. The molecule has 0 N–H and O–H groups in total. The monoisotopic (exact) mass is 395 g/mol. The van der Waals surface area contributed by atoms with E-state index < -0.39 is 0 Å². The molecule has 1 aromatic carbocycles. The average molecular weight is 395 g/mol. The first-order valence-corrected chi connectivity index (χ1v) is 10.0. The second-order valence-electron chi connectivity index (χ2n) is 6.83. The molecule has 28 heavy (non-hydrogen) atoms. The molecule has 0 fully saturated rings. The molecule has 0 saturated heterocycles. The van der Waals surface area contributed by atoms with Gasteiger partial charge in [0.05, 0.1) is 17.6 Å². The Kier molecular flexibility index (Phi) is 5.04. The SMILES string of the molecule is Cc1occc1-c1nnc(SCc2nc(-c3ccc(C(C)C)cc3)no2)n1C. The lowest BCUT2D eigenvalue weighted by molar-refractivity contribution is 0.391. The Morgan fingerprint density at radius 2 is 1.89 bits per heavy atom. The van der Waals surface area contributed by atoms with Gasteiger partial charge in [-0.25, -0.2) is 0 Å². The number of thioether (sulfide) groups is 1. The molecule has 0 saturated carbocycles. The molecule has 0 amide bonds. The van der Waals surface area contributed by atoms with Gasteiger partial charge in [-0.05, 0) is 24.5 Å². The highest BCUT2D eigenvalue weighted by Gasteiger charge is 2.16. The molecule has 3 aromatic heterocycles. The van der Waals surface area contributed by atoms with E-state index in [-0.39, 0.29) is 0 Å². The highest BCUT2D eigenvalue weighted by atomic mass is 32.2. The predicted molar refractivity (Wildman–Crippen MR) is 107 cm³/mol. The third-order valence-electron chi connectivity index (χ3n) is 4.56. The second-order valence-corrected chi connectivity index (χ2v) is 7.78. The van der Waals surface area contributed by atoms with E-state index in [9.17, 15) is 0 Å². The van der Waals surface area contributed by atoms with Crippen LogP contribution in [0.2, 0.25) is 0 Å². The molecule has 0 bridgehead atoms. The summed E-state index contributed by atoms with van der Waals surface area (Å²) >= 11 is 1.50. The van der Waals surface area contributed by atoms with E-state index in [1.807, 2.05) is 36.7 Å². The Hall–Kier alpha value is -2.87. The van der Waals surface area contributed by atoms with Crippen LogP contribution in [-0.4, -0.2) is 24.9 Å². The lowest BCUT2D eigenvalue weighted by atomic mass is 10.0. The number of rotatable bonds is 6. The molecule has 0 unspecified atom stereocenters. The molecule has 4 aromatic rings. The lowest BCUT2D eigenvalue weighted by Crippen LogP contribution is -1.95. The van der Waals surface area contributed by atoms with E-state index in [1.165, 1.54) is 17.3 Å². The first-order valence-electron chi connectivity index (χ1n) is 9.02. The van der Waals surface area contributed by atoms with E-state index >= 15 is 0 Å². The van der Waals surface area contributed by atoms with Gasteiger partial charge in [0.15, 0.2) is 11.0 Å². The predicted octanol–water partition coefficient (Wildman–Crippen LogP) is 4.85. The van der Waals surface area contributed by atoms with Gasteiger partial charge in [-0.1, -0.05) is 55.0 Å². The molecule has 0 atom stereocenters. The van der Waals surface area contributed by atoms with E-state index in [0.29, 0.717) is 23.4 Å². The van der Waals surface area contributed by atoms with Gasteiger partial charge in [0, 0.05) is 12.6 Å². The van der Waals surface area contributed by atoms with Crippen LogP contribution < -0.4 is 0 Å². The standard InChI is InChI=1S/C20H21N5O2S/c1-12(2)14-5-7-15(8-6-14)18-21-17(27-24-18)11-28-20-23-22-19(25(20)4)16-9-10-26-13(16)3/h5-10,12H,11H2,1-4H3. The molecule has 0 spiro atoms. The number of aromatic nitrogens is 5. The van der Waals surface area contributed by atoms with Gasteiger partial charge in [-0.15, -0.1) is 10.2 Å². The summed E-state index contributed by atoms with van der Waals surface area (Å²) in [6, 6.07) is 10.1. The molecule has 0 aliphatic rings. The van der Waals surface area contributed by atoms with Crippen molar-refractivity contribution in [1.82, 2.24) is 24.9 Å². The summed E-state index contributed by atoms with van der Waals surface area (Å²) in [4.78, 5) is 4.50. The highest BCUT2D eigenvalue weighted by molar-refractivity contribution is 7.98. The quantitative estimate of drug-likeness (QED) is 0.432. The Morgan fingerprint density at radius 3 is 2.57 bits per heavy atom. The van der Waals surface area contributed by atoms with Crippen molar-refractivity contribution in [3.63, 3.8) is 0 Å². The molecule has 8 heteroatoms. The van der Waals surface area contributed by atoms with Gasteiger partial charge in [0.25, 0.3) is 0 Å². The fourth-order valence-corrected chi connectivity index (χ4v) is 3.61. The van der Waals surface area contributed by atoms with Crippen LogP contribution in [0.15, 0.2) is 50.7 Å². The maximum absolute atomic E-state index is 5.40. The Labute approximate surface area is 167 Å². The van der Waals surface area contributed by atoms with Crippen LogP contribution in [0.4, 0.5) is 0 Å². The summed E-state index contributed by atoms with van der Waals surface area (Å²) < 4.78 is 12.7. The topological polar surface area (TPSA) is 82.8 Å². The number of hydrogen-bond acceptors (Lipinski definition) is 7. The molecule has 3 heterocycles. The first-order chi connectivity index (χ1) is 13.5. The number of aryl methyl sites for hydroxylation is 1. The minimum atomic E-state index is 0.494. The van der Waals surface area contributed by atoms with Crippen molar-refractivity contribution < 1.29 is 8.94 Å². The number of furan rings is 1. The fraction of sp³-hybridized carbons (Fsp3) is 0.300. The minimum absolute atomic E-state index is 0.494. The lowest BCUT2D eigenvalue weighted by Gasteiger charge is -2.04. The van der Waals surface area contributed by atoms with Gasteiger partial charge in [-0.2, -0.15) is 4.98 Å². The zero-order chi connectivity index (χ0) is 19.7. The van der Waals surface area contributed by atoms with Gasteiger partial charge >= 0.3 is 0 Å².